The Morgan fingerprint density at radius 2 is 1.48 bits per heavy atom. The van der Waals surface area contributed by atoms with Crippen molar-refractivity contribution in [2.75, 3.05) is 0 Å². The van der Waals surface area contributed by atoms with Crippen LogP contribution in [0.4, 0.5) is 5.95 Å². The van der Waals surface area contributed by atoms with E-state index in [9.17, 15) is 5.21 Å². The fraction of sp³-hybridized carbons (Fsp3) is 0.0455. The standard InChI is InChI=1S/C22H16N4O/c27-25-20-19(15-9-3-1-4-10-15)24-22-23-17-13-7-8-14-18(17)26(22)21(20)16-11-5-2-6-12-16/h1-14,21,27H/b25-20+/t21-/m0/s1. The van der Waals surface area contributed by atoms with Gasteiger partial charge in [-0.25, -0.2) is 9.98 Å². The van der Waals surface area contributed by atoms with Crippen LogP contribution in [0, 0.1) is 0 Å². The Bertz CT molecular complexity index is 1180. The van der Waals surface area contributed by atoms with E-state index in [0.29, 0.717) is 17.4 Å². The molecule has 5 heteroatoms. The molecule has 1 atom stereocenters. The van der Waals surface area contributed by atoms with Crippen LogP contribution in [0.15, 0.2) is 95.1 Å². The summed E-state index contributed by atoms with van der Waals surface area (Å²) >= 11 is 0. The average molecular weight is 352 g/mol. The van der Waals surface area contributed by atoms with Crippen LogP contribution >= 0.6 is 0 Å². The summed E-state index contributed by atoms with van der Waals surface area (Å²) in [5.74, 6) is 0.608. The third-order valence-electron chi connectivity index (χ3n) is 4.82. The zero-order valence-corrected chi connectivity index (χ0v) is 14.4. The van der Waals surface area contributed by atoms with Crippen molar-refractivity contribution < 1.29 is 5.21 Å². The van der Waals surface area contributed by atoms with E-state index in [-0.39, 0.29) is 6.04 Å². The number of imidazole rings is 1. The fourth-order valence-electron chi connectivity index (χ4n) is 3.63. The number of hydrogen-bond acceptors (Lipinski definition) is 4. The molecule has 0 unspecified atom stereocenters. The van der Waals surface area contributed by atoms with Crippen molar-refractivity contribution >= 4 is 28.4 Å². The van der Waals surface area contributed by atoms with Gasteiger partial charge < -0.3 is 5.21 Å². The molecule has 1 aromatic heterocycles. The molecule has 0 saturated carbocycles. The Morgan fingerprint density at radius 1 is 0.815 bits per heavy atom. The summed E-state index contributed by atoms with van der Waals surface area (Å²) in [6.07, 6.45) is 0. The van der Waals surface area contributed by atoms with Gasteiger partial charge in [-0.2, -0.15) is 0 Å². The lowest BCUT2D eigenvalue weighted by atomic mass is 9.93. The number of para-hydroxylation sites is 2. The molecular weight excluding hydrogens is 336 g/mol. The molecule has 0 fully saturated rings. The molecule has 0 radical (unpaired) electrons. The van der Waals surface area contributed by atoms with Gasteiger partial charge in [0.25, 0.3) is 0 Å². The van der Waals surface area contributed by atoms with Crippen LogP contribution in [-0.2, 0) is 0 Å². The van der Waals surface area contributed by atoms with Crippen molar-refractivity contribution in [3.05, 3.63) is 96.1 Å². The first-order valence-electron chi connectivity index (χ1n) is 8.75. The van der Waals surface area contributed by atoms with Crippen LogP contribution in [-0.4, -0.2) is 26.2 Å². The zero-order chi connectivity index (χ0) is 18.2. The summed E-state index contributed by atoms with van der Waals surface area (Å²) in [6, 6.07) is 27.4. The molecule has 1 N–H and O–H groups in total. The van der Waals surface area contributed by atoms with E-state index in [1.165, 1.54) is 0 Å². The van der Waals surface area contributed by atoms with Crippen LogP contribution in [0.2, 0.25) is 0 Å². The molecule has 0 amide bonds. The first-order chi connectivity index (χ1) is 13.4. The third-order valence-corrected chi connectivity index (χ3v) is 4.82. The maximum atomic E-state index is 9.96. The maximum Gasteiger partial charge on any atom is 0.232 e. The van der Waals surface area contributed by atoms with Gasteiger partial charge in [0.2, 0.25) is 5.95 Å². The highest BCUT2D eigenvalue weighted by Gasteiger charge is 2.33. The van der Waals surface area contributed by atoms with E-state index in [0.717, 1.165) is 22.2 Å². The van der Waals surface area contributed by atoms with Crippen LogP contribution in [0.25, 0.3) is 11.0 Å². The summed E-state index contributed by atoms with van der Waals surface area (Å²) in [4.78, 5) is 9.47. The lowest BCUT2D eigenvalue weighted by molar-refractivity contribution is 0.317. The third kappa shape index (κ3) is 2.44. The molecule has 1 aliphatic heterocycles. The van der Waals surface area contributed by atoms with Crippen LogP contribution in [0.3, 0.4) is 0 Å². The molecule has 3 aromatic carbocycles. The van der Waals surface area contributed by atoms with E-state index in [1.54, 1.807) is 0 Å². The van der Waals surface area contributed by atoms with Crippen molar-refractivity contribution in [3.63, 3.8) is 0 Å². The van der Waals surface area contributed by atoms with Crippen molar-refractivity contribution in [1.82, 2.24) is 9.55 Å². The molecule has 130 valence electrons. The zero-order valence-electron chi connectivity index (χ0n) is 14.4. The molecule has 0 saturated heterocycles. The average Bonchev–Trinajstić information content (AvgIpc) is 3.12. The summed E-state index contributed by atoms with van der Waals surface area (Å²) < 4.78 is 2.03. The summed E-state index contributed by atoms with van der Waals surface area (Å²) in [6.45, 7) is 0. The molecule has 5 nitrogen and oxygen atoms in total. The summed E-state index contributed by atoms with van der Waals surface area (Å²) in [5, 5.41) is 13.6. The molecule has 0 bridgehead atoms. The van der Waals surface area contributed by atoms with Gasteiger partial charge in [-0.3, -0.25) is 4.57 Å². The van der Waals surface area contributed by atoms with E-state index >= 15 is 0 Å². The number of oxime groups is 1. The number of benzene rings is 3. The smallest absolute Gasteiger partial charge is 0.232 e. The van der Waals surface area contributed by atoms with E-state index < -0.39 is 0 Å². The van der Waals surface area contributed by atoms with Gasteiger partial charge >= 0.3 is 0 Å². The van der Waals surface area contributed by atoms with Crippen LogP contribution < -0.4 is 0 Å². The lowest BCUT2D eigenvalue weighted by Gasteiger charge is -2.27. The number of fused-ring (bicyclic) bond motifs is 3. The Balaban J connectivity index is 1.84. The Morgan fingerprint density at radius 3 is 2.22 bits per heavy atom. The molecule has 0 aliphatic carbocycles. The molecule has 5 rings (SSSR count). The second kappa shape index (κ2) is 6.21. The highest BCUT2D eigenvalue weighted by atomic mass is 16.4. The van der Waals surface area contributed by atoms with E-state index in [2.05, 4.69) is 5.16 Å². The Hall–Kier alpha value is -3.73. The molecule has 1 aliphatic rings. The van der Waals surface area contributed by atoms with Crippen LogP contribution in [0.5, 0.6) is 0 Å². The van der Waals surface area contributed by atoms with Gasteiger partial charge in [-0.15, -0.1) is 0 Å². The monoisotopic (exact) mass is 352 g/mol. The van der Waals surface area contributed by atoms with Crippen molar-refractivity contribution in [1.29, 1.82) is 0 Å². The highest BCUT2D eigenvalue weighted by molar-refractivity contribution is 6.50. The molecule has 2 heterocycles. The first kappa shape index (κ1) is 15.5. The van der Waals surface area contributed by atoms with Gasteiger partial charge in [-0.1, -0.05) is 78.0 Å². The molecule has 0 spiro atoms. The number of rotatable bonds is 2. The second-order valence-electron chi connectivity index (χ2n) is 6.40. The normalized spacial score (nSPS) is 17.7. The quantitative estimate of drug-likeness (QED) is 0.424. The van der Waals surface area contributed by atoms with Crippen LogP contribution in [0.1, 0.15) is 17.2 Å². The fourth-order valence-corrected chi connectivity index (χ4v) is 3.63. The summed E-state index contributed by atoms with van der Waals surface area (Å²) in [7, 11) is 0. The van der Waals surface area contributed by atoms with Gasteiger partial charge in [0, 0.05) is 5.56 Å². The Labute approximate surface area is 155 Å². The molecular formula is C22H16N4O. The summed E-state index contributed by atoms with van der Waals surface area (Å²) in [5.41, 5.74) is 4.86. The maximum absolute atomic E-state index is 9.96. The molecule has 4 aromatic rings. The lowest BCUT2D eigenvalue weighted by Crippen LogP contribution is -2.32. The van der Waals surface area contributed by atoms with Gasteiger partial charge in [0.1, 0.15) is 17.5 Å². The van der Waals surface area contributed by atoms with Crippen molar-refractivity contribution in [2.24, 2.45) is 10.1 Å². The van der Waals surface area contributed by atoms with E-state index in [4.69, 9.17) is 9.98 Å². The number of aliphatic imine (C=N–C) groups is 1. The predicted octanol–water partition coefficient (Wildman–Crippen LogP) is 4.59. The SMILES string of the molecule is O/N=C1\C(c2ccccc2)=Nc2nc3ccccc3n2[C@H]1c1ccccc1. The minimum Gasteiger partial charge on any atom is -0.411 e. The van der Waals surface area contributed by atoms with Gasteiger partial charge in [0.15, 0.2) is 0 Å². The van der Waals surface area contributed by atoms with E-state index in [1.807, 2.05) is 89.5 Å². The van der Waals surface area contributed by atoms with Gasteiger partial charge in [0.05, 0.1) is 11.0 Å². The minimum atomic E-state index is -0.314. The van der Waals surface area contributed by atoms with Crippen molar-refractivity contribution in [2.45, 2.75) is 6.04 Å². The topological polar surface area (TPSA) is 62.8 Å². The largest absolute Gasteiger partial charge is 0.411 e. The molecule has 27 heavy (non-hydrogen) atoms. The van der Waals surface area contributed by atoms with Crippen molar-refractivity contribution in [3.8, 4) is 0 Å². The number of aromatic nitrogens is 2. The Kier molecular flexibility index (Phi) is 3.57. The van der Waals surface area contributed by atoms with Gasteiger partial charge in [-0.05, 0) is 17.7 Å². The highest BCUT2D eigenvalue weighted by Crippen LogP contribution is 2.36. The second-order valence-corrected chi connectivity index (χ2v) is 6.40. The number of hydrogen-bond donors (Lipinski definition) is 1. The number of nitrogens with zero attached hydrogens (tertiary/aromatic N) is 4. The minimum absolute atomic E-state index is 0.314. The predicted molar refractivity (Wildman–Crippen MR) is 106 cm³/mol. The first-order valence-corrected chi connectivity index (χ1v) is 8.75.